The van der Waals surface area contributed by atoms with Crippen molar-refractivity contribution in [2.24, 2.45) is 0 Å². The van der Waals surface area contributed by atoms with Gasteiger partial charge in [-0.15, -0.1) is 0 Å². The van der Waals surface area contributed by atoms with Crippen molar-refractivity contribution in [3.63, 3.8) is 0 Å². The molecule has 0 aliphatic carbocycles. The van der Waals surface area contributed by atoms with Gasteiger partial charge in [-0.2, -0.15) is 5.10 Å². The first-order valence-electron chi connectivity index (χ1n) is 8.55. The highest BCUT2D eigenvalue weighted by Crippen LogP contribution is 2.27. The van der Waals surface area contributed by atoms with Gasteiger partial charge in [0.05, 0.1) is 6.04 Å². The molecule has 27 heavy (non-hydrogen) atoms. The van der Waals surface area contributed by atoms with Crippen molar-refractivity contribution in [3.05, 3.63) is 77.6 Å². The van der Waals surface area contributed by atoms with Gasteiger partial charge in [0.15, 0.2) is 0 Å². The molecular formula is C20H17F2N3O2. The van der Waals surface area contributed by atoms with E-state index < -0.39 is 0 Å². The number of benzene rings is 2. The third-order valence-electron chi connectivity index (χ3n) is 4.45. The lowest BCUT2D eigenvalue weighted by atomic mass is 10.1. The van der Waals surface area contributed by atoms with Crippen LogP contribution in [0.1, 0.15) is 29.1 Å². The van der Waals surface area contributed by atoms with Crippen molar-refractivity contribution in [2.75, 3.05) is 11.4 Å². The molecule has 1 aromatic heterocycles. The average molecular weight is 369 g/mol. The fraction of sp³-hybridized carbons (Fsp3) is 0.200. The van der Waals surface area contributed by atoms with Crippen molar-refractivity contribution < 1.29 is 18.3 Å². The molecule has 138 valence electrons. The number of hydrogen-bond donors (Lipinski definition) is 0. The summed E-state index contributed by atoms with van der Waals surface area (Å²) < 4.78 is 33.4. The van der Waals surface area contributed by atoms with Crippen molar-refractivity contribution in [1.82, 2.24) is 9.78 Å². The fourth-order valence-electron chi connectivity index (χ4n) is 3.11. The number of hydrogen-bond acceptors (Lipinski definition) is 3. The Kier molecular flexibility index (Phi) is 4.35. The first-order valence-corrected chi connectivity index (χ1v) is 8.55. The molecule has 0 saturated carbocycles. The van der Waals surface area contributed by atoms with E-state index in [9.17, 15) is 13.6 Å². The summed E-state index contributed by atoms with van der Waals surface area (Å²) in [6, 6.07) is 13.2. The van der Waals surface area contributed by atoms with Crippen LogP contribution in [0.15, 0.2) is 54.6 Å². The van der Waals surface area contributed by atoms with Gasteiger partial charge >= 0.3 is 0 Å². The highest BCUT2D eigenvalue weighted by atomic mass is 19.1. The van der Waals surface area contributed by atoms with Gasteiger partial charge in [0, 0.05) is 12.2 Å². The number of amides is 1. The van der Waals surface area contributed by atoms with Gasteiger partial charge in [0.1, 0.15) is 35.4 Å². The first-order chi connectivity index (χ1) is 13.0. The quantitative estimate of drug-likeness (QED) is 0.699. The Balaban J connectivity index is 1.54. The van der Waals surface area contributed by atoms with E-state index in [-0.39, 0.29) is 30.2 Å². The summed E-state index contributed by atoms with van der Waals surface area (Å²) in [7, 11) is 0. The Morgan fingerprint density at radius 2 is 1.70 bits per heavy atom. The molecule has 2 aromatic carbocycles. The SMILES string of the molecule is C[C@@H]1CN(c2ccc(F)cc2)C(=O)c2cc(COc3ccc(F)cc3)nn21. The number of carbonyl (C=O) groups is 1. The standard InChI is InChI=1S/C20H17F2N3O2/c1-13-11-24(17-6-2-14(21)3-7-17)20(26)19-10-16(23-25(13)19)12-27-18-8-4-15(22)5-9-18/h2-10,13H,11-12H2,1H3/t13-/m1/s1. The van der Waals surface area contributed by atoms with Crippen LogP contribution in [0, 0.1) is 11.6 Å². The minimum absolute atomic E-state index is 0.0395. The average Bonchev–Trinajstić information content (AvgIpc) is 3.10. The Hall–Kier alpha value is -3.22. The third kappa shape index (κ3) is 3.40. The number of fused-ring (bicyclic) bond motifs is 1. The minimum Gasteiger partial charge on any atom is -0.487 e. The molecule has 0 radical (unpaired) electrons. The highest BCUT2D eigenvalue weighted by Gasteiger charge is 2.31. The zero-order valence-electron chi connectivity index (χ0n) is 14.6. The smallest absolute Gasteiger partial charge is 0.276 e. The highest BCUT2D eigenvalue weighted by molar-refractivity contribution is 6.05. The van der Waals surface area contributed by atoms with Crippen LogP contribution in [0.25, 0.3) is 0 Å². The number of nitrogens with zero attached hydrogens (tertiary/aromatic N) is 3. The number of rotatable bonds is 4. The summed E-state index contributed by atoms with van der Waals surface area (Å²) in [5.41, 5.74) is 1.70. The fourth-order valence-corrected chi connectivity index (χ4v) is 3.11. The number of halogens is 2. The van der Waals surface area contributed by atoms with E-state index in [1.807, 2.05) is 6.92 Å². The summed E-state index contributed by atoms with van der Waals surface area (Å²) in [4.78, 5) is 14.5. The van der Waals surface area contributed by atoms with E-state index in [1.165, 1.54) is 36.4 Å². The number of carbonyl (C=O) groups excluding carboxylic acids is 1. The maximum absolute atomic E-state index is 13.2. The van der Waals surface area contributed by atoms with Gasteiger partial charge in [-0.1, -0.05) is 0 Å². The Labute approximate surface area is 154 Å². The summed E-state index contributed by atoms with van der Waals surface area (Å²) in [6.45, 7) is 2.57. The molecular weight excluding hydrogens is 352 g/mol. The Morgan fingerprint density at radius 1 is 1.07 bits per heavy atom. The predicted octanol–water partition coefficient (Wildman–Crippen LogP) is 3.96. The van der Waals surface area contributed by atoms with Gasteiger partial charge in [-0.3, -0.25) is 9.48 Å². The van der Waals surface area contributed by atoms with E-state index >= 15 is 0 Å². The lowest BCUT2D eigenvalue weighted by molar-refractivity contribution is 0.0953. The summed E-state index contributed by atoms with van der Waals surface area (Å²) in [5.74, 6) is -0.350. The van der Waals surface area contributed by atoms with Gasteiger partial charge in [-0.05, 0) is 61.5 Å². The molecule has 2 heterocycles. The maximum atomic E-state index is 13.2. The molecule has 7 heteroatoms. The molecule has 0 spiro atoms. The molecule has 1 aliphatic heterocycles. The molecule has 0 bridgehead atoms. The molecule has 4 rings (SSSR count). The second kappa shape index (κ2) is 6.83. The van der Waals surface area contributed by atoms with E-state index in [0.29, 0.717) is 29.4 Å². The monoisotopic (exact) mass is 369 g/mol. The molecule has 1 aliphatic rings. The Bertz CT molecular complexity index is 968. The van der Waals surface area contributed by atoms with Crippen LogP contribution in [0.2, 0.25) is 0 Å². The number of ether oxygens (including phenoxy) is 1. The van der Waals surface area contributed by atoms with Crippen molar-refractivity contribution in [2.45, 2.75) is 19.6 Å². The van der Waals surface area contributed by atoms with Gasteiger partial charge in [-0.25, -0.2) is 8.78 Å². The number of anilines is 1. The summed E-state index contributed by atoms with van der Waals surface area (Å²) in [5, 5.41) is 4.47. The van der Waals surface area contributed by atoms with Crippen molar-refractivity contribution in [1.29, 1.82) is 0 Å². The van der Waals surface area contributed by atoms with Crippen LogP contribution in [-0.2, 0) is 6.61 Å². The van der Waals surface area contributed by atoms with Crippen LogP contribution >= 0.6 is 0 Å². The molecule has 0 saturated heterocycles. The lowest BCUT2D eigenvalue weighted by Gasteiger charge is -2.31. The second-order valence-electron chi connectivity index (χ2n) is 6.45. The van der Waals surface area contributed by atoms with E-state index in [0.717, 1.165) is 0 Å². The number of aromatic nitrogens is 2. The van der Waals surface area contributed by atoms with Crippen molar-refractivity contribution in [3.8, 4) is 5.75 Å². The summed E-state index contributed by atoms with van der Waals surface area (Å²) >= 11 is 0. The topological polar surface area (TPSA) is 47.4 Å². The molecule has 0 fully saturated rings. The second-order valence-corrected chi connectivity index (χ2v) is 6.45. The van der Waals surface area contributed by atoms with Crippen LogP contribution in [0.5, 0.6) is 5.75 Å². The molecule has 1 atom stereocenters. The predicted molar refractivity (Wildman–Crippen MR) is 95.7 cm³/mol. The Morgan fingerprint density at radius 3 is 2.37 bits per heavy atom. The van der Waals surface area contributed by atoms with Crippen LogP contribution < -0.4 is 9.64 Å². The normalized spacial score (nSPS) is 16.3. The molecule has 5 nitrogen and oxygen atoms in total. The summed E-state index contributed by atoms with van der Waals surface area (Å²) in [6.07, 6.45) is 0. The van der Waals surface area contributed by atoms with Crippen molar-refractivity contribution >= 4 is 11.6 Å². The van der Waals surface area contributed by atoms with Crippen LogP contribution in [0.3, 0.4) is 0 Å². The lowest BCUT2D eigenvalue weighted by Crippen LogP contribution is -2.42. The zero-order valence-corrected chi connectivity index (χ0v) is 14.6. The molecule has 3 aromatic rings. The van der Waals surface area contributed by atoms with Gasteiger partial charge in [0.25, 0.3) is 5.91 Å². The van der Waals surface area contributed by atoms with Crippen LogP contribution in [-0.4, -0.2) is 22.2 Å². The van der Waals surface area contributed by atoms with Gasteiger partial charge < -0.3 is 9.64 Å². The largest absolute Gasteiger partial charge is 0.487 e. The third-order valence-corrected chi connectivity index (χ3v) is 4.45. The molecule has 0 unspecified atom stereocenters. The minimum atomic E-state index is -0.346. The first kappa shape index (κ1) is 17.2. The van der Waals surface area contributed by atoms with E-state index in [1.54, 1.807) is 27.8 Å². The zero-order chi connectivity index (χ0) is 19.0. The van der Waals surface area contributed by atoms with Gasteiger partial charge in [0.2, 0.25) is 0 Å². The molecule has 1 amide bonds. The van der Waals surface area contributed by atoms with Crippen LogP contribution in [0.4, 0.5) is 14.5 Å². The maximum Gasteiger partial charge on any atom is 0.276 e. The van der Waals surface area contributed by atoms with E-state index in [2.05, 4.69) is 5.10 Å². The molecule has 0 N–H and O–H groups in total. The van der Waals surface area contributed by atoms with E-state index in [4.69, 9.17) is 4.74 Å².